The van der Waals surface area contributed by atoms with Crippen LogP contribution in [0.25, 0.3) is 0 Å². The van der Waals surface area contributed by atoms with Gasteiger partial charge in [-0.25, -0.2) is 8.78 Å². The molecule has 0 aromatic carbocycles. The van der Waals surface area contributed by atoms with Crippen LogP contribution in [0.4, 0.5) is 8.78 Å². The molecular weight excluding hydrogens is 190 g/mol. The highest BCUT2D eigenvalue weighted by atomic mass is 19.3. The molecule has 0 bridgehead atoms. The zero-order valence-corrected chi connectivity index (χ0v) is 7.93. The molecule has 4 heteroatoms. The van der Waals surface area contributed by atoms with E-state index in [4.69, 9.17) is 5.11 Å². The number of carboxylic acids is 1. The molecule has 2 fully saturated rings. The maximum atomic E-state index is 12.7. The summed E-state index contributed by atoms with van der Waals surface area (Å²) in [5, 5.41) is 8.73. The predicted molar refractivity (Wildman–Crippen MR) is 46.2 cm³/mol. The van der Waals surface area contributed by atoms with Gasteiger partial charge < -0.3 is 5.11 Å². The van der Waals surface area contributed by atoms with Gasteiger partial charge in [0.25, 0.3) is 0 Å². The maximum Gasteiger partial charge on any atom is 0.303 e. The van der Waals surface area contributed by atoms with E-state index in [9.17, 15) is 13.6 Å². The lowest BCUT2D eigenvalue weighted by Gasteiger charge is -2.53. The molecule has 0 aliphatic heterocycles. The monoisotopic (exact) mass is 204 g/mol. The van der Waals surface area contributed by atoms with Crippen molar-refractivity contribution in [2.24, 2.45) is 11.3 Å². The van der Waals surface area contributed by atoms with Gasteiger partial charge in [0.15, 0.2) is 0 Å². The van der Waals surface area contributed by atoms with Crippen LogP contribution in [-0.4, -0.2) is 17.0 Å². The molecule has 2 saturated carbocycles. The van der Waals surface area contributed by atoms with Crippen LogP contribution in [0.2, 0.25) is 0 Å². The van der Waals surface area contributed by atoms with Gasteiger partial charge in [0.1, 0.15) is 0 Å². The summed E-state index contributed by atoms with van der Waals surface area (Å²) >= 11 is 0. The van der Waals surface area contributed by atoms with E-state index in [-0.39, 0.29) is 30.6 Å². The second-order valence-electron chi connectivity index (χ2n) is 4.75. The molecule has 0 amide bonds. The predicted octanol–water partition coefficient (Wildman–Crippen LogP) is 2.68. The molecule has 0 spiro atoms. The minimum absolute atomic E-state index is 0.0534. The van der Waals surface area contributed by atoms with Crippen LogP contribution in [0.3, 0.4) is 0 Å². The largest absolute Gasteiger partial charge is 0.481 e. The SMILES string of the molecule is O=C(O)CC1(C2CC(F)(F)C2)CCC1. The first-order valence-electron chi connectivity index (χ1n) is 5.03. The second kappa shape index (κ2) is 2.91. The summed E-state index contributed by atoms with van der Waals surface area (Å²) < 4.78 is 25.3. The number of carboxylic acid groups (broad SMARTS) is 1. The van der Waals surface area contributed by atoms with E-state index >= 15 is 0 Å². The topological polar surface area (TPSA) is 37.3 Å². The lowest BCUT2D eigenvalue weighted by Crippen LogP contribution is -2.50. The molecular formula is C10H14F2O2. The summed E-state index contributed by atoms with van der Waals surface area (Å²) in [6, 6.07) is 0. The third kappa shape index (κ3) is 1.51. The number of hydrogen-bond acceptors (Lipinski definition) is 1. The van der Waals surface area contributed by atoms with E-state index in [0.29, 0.717) is 0 Å². The van der Waals surface area contributed by atoms with Gasteiger partial charge in [-0.2, -0.15) is 0 Å². The number of aliphatic carboxylic acids is 1. The van der Waals surface area contributed by atoms with Gasteiger partial charge in [-0.05, 0) is 24.2 Å². The Kier molecular flexibility index (Phi) is 2.05. The fourth-order valence-corrected chi connectivity index (χ4v) is 2.76. The third-order valence-electron chi connectivity index (χ3n) is 3.81. The number of alkyl halides is 2. The van der Waals surface area contributed by atoms with Crippen molar-refractivity contribution < 1.29 is 18.7 Å². The molecule has 0 saturated heterocycles. The average molecular weight is 204 g/mol. The lowest BCUT2D eigenvalue weighted by atomic mass is 9.53. The van der Waals surface area contributed by atoms with Crippen LogP contribution < -0.4 is 0 Å². The lowest BCUT2D eigenvalue weighted by molar-refractivity contribution is -0.176. The van der Waals surface area contributed by atoms with Crippen LogP contribution >= 0.6 is 0 Å². The highest BCUT2D eigenvalue weighted by Gasteiger charge is 2.57. The van der Waals surface area contributed by atoms with Crippen molar-refractivity contribution in [3.05, 3.63) is 0 Å². The van der Waals surface area contributed by atoms with Gasteiger partial charge in [-0.1, -0.05) is 6.42 Å². The van der Waals surface area contributed by atoms with Crippen molar-refractivity contribution in [2.75, 3.05) is 0 Å². The van der Waals surface area contributed by atoms with Crippen LogP contribution in [0.5, 0.6) is 0 Å². The zero-order valence-electron chi connectivity index (χ0n) is 7.93. The Balaban J connectivity index is 1.97. The van der Waals surface area contributed by atoms with Gasteiger partial charge >= 0.3 is 5.97 Å². The first-order chi connectivity index (χ1) is 6.44. The Bertz CT molecular complexity index is 251. The van der Waals surface area contributed by atoms with E-state index in [1.165, 1.54) is 0 Å². The average Bonchev–Trinajstić information content (AvgIpc) is 1.91. The number of rotatable bonds is 3. The second-order valence-corrected chi connectivity index (χ2v) is 4.75. The van der Waals surface area contributed by atoms with Crippen molar-refractivity contribution >= 4 is 5.97 Å². The highest BCUT2D eigenvalue weighted by molar-refractivity contribution is 5.68. The molecule has 0 atom stereocenters. The molecule has 1 N–H and O–H groups in total. The van der Waals surface area contributed by atoms with Crippen LogP contribution in [-0.2, 0) is 4.79 Å². The quantitative estimate of drug-likeness (QED) is 0.767. The molecule has 0 radical (unpaired) electrons. The standard InChI is InChI=1S/C10H14F2O2/c11-10(12)4-7(5-10)9(2-1-3-9)6-8(13)14/h7H,1-6H2,(H,13,14). The van der Waals surface area contributed by atoms with Gasteiger partial charge in [0, 0.05) is 12.8 Å². The van der Waals surface area contributed by atoms with Crippen LogP contribution in [0.15, 0.2) is 0 Å². The molecule has 0 unspecified atom stereocenters. The zero-order chi connectivity index (χ0) is 10.4. The van der Waals surface area contributed by atoms with E-state index in [0.717, 1.165) is 19.3 Å². The summed E-state index contributed by atoms with van der Waals surface area (Å²) in [5.41, 5.74) is -0.284. The highest BCUT2D eigenvalue weighted by Crippen LogP contribution is 2.60. The Hall–Kier alpha value is -0.670. The summed E-state index contributed by atoms with van der Waals surface area (Å²) in [4.78, 5) is 10.6. The Labute approximate surface area is 81.3 Å². The van der Waals surface area contributed by atoms with Gasteiger partial charge in [-0.3, -0.25) is 4.79 Å². The fraction of sp³-hybridized carbons (Fsp3) is 0.900. The smallest absolute Gasteiger partial charge is 0.303 e. The fourth-order valence-electron chi connectivity index (χ4n) is 2.76. The first-order valence-corrected chi connectivity index (χ1v) is 5.03. The van der Waals surface area contributed by atoms with Crippen molar-refractivity contribution in [3.63, 3.8) is 0 Å². The summed E-state index contributed by atoms with van der Waals surface area (Å²) in [6.07, 6.45) is 2.52. The van der Waals surface area contributed by atoms with Crippen molar-refractivity contribution in [1.82, 2.24) is 0 Å². The molecule has 2 nitrogen and oxygen atoms in total. The van der Waals surface area contributed by atoms with Gasteiger partial charge in [0.05, 0.1) is 6.42 Å². The molecule has 0 heterocycles. The first kappa shape index (κ1) is 9.87. The Morgan fingerprint density at radius 3 is 2.21 bits per heavy atom. The molecule has 2 aliphatic rings. The Morgan fingerprint density at radius 2 is 1.93 bits per heavy atom. The number of hydrogen-bond donors (Lipinski definition) is 1. The maximum absolute atomic E-state index is 12.7. The van der Waals surface area contributed by atoms with Crippen molar-refractivity contribution in [1.29, 1.82) is 0 Å². The number of carbonyl (C=O) groups is 1. The minimum atomic E-state index is -2.52. The molecule has 2 rings (SSSR count). The minimum Gasteiger partial charge on any atom is -0.481 e. The molecule has 0 aromatic rings. The summed E-state index contributed by atoms with van der Waals surface area (Å²) in [7, 11) is 0. The van der Waals surface area contributed by atoms with Gasteiger partial charge in [0.2, 0.25) is 5.92 Å². The van der Waals surface area contributed by atoms with E-state index in [1.54, 1.807) is 0 Å². The molecule has 0 aromatic heterocycles. The van der Waals surface area contributed by atoms with E-state index in [2.05, 4.69) is 0 Å². The number of halogens is 2. The third-order valence-corrected chi connectivity index (χ3v) is 3.81. The molecule has 14 heavy (non-hydrogen) atoms. The van der Waals surface area contributed by atoms with Crippen molar-refractivity contribution in [2.45, 2.75) is 44.4 Å². The van der Waals surface area contributed by atoms with E-state index < -0.39 is 11.9 Å². The van der Waals surface area contributed by atoms with Crippen LogP contribution in [0.1, 0.15) is 38.5 Å². The van der Waals surface area contributed by atoms with Crippen LogP contribution in [0, 0.1) is 11.3 Å². The Morgan fingerprint density at radius 1 is 1.36 bits per heavy atom. The van der Waals surface area contributed by atoms with Crippen molar-refractivity contribution in [3.8, 4) is 0 Å². The summed E-state index contributed by atoms with van der Waals surface area (Å²) in [5.74, 6) is -3.42. The summed E-state index contributed by atoms with van der Waals surface area (Å²) in [6.45, 7) is 0. The molecule has 2 aliphatic carbocycles. The normalized spacial score (nSPS) is 29.0. The van der Waals surface area contributed by atoms with E-state index in [1.807, 2.05) is 0 Å². The van der Waals surface area contributed by atoms with Gasteiger partial charge in [-0.15, -0.1) is 0 Å². The molecule has 80 valence electrons.